The molecule has 1 amide bonds. The molecule has 1 saturated heterocycles. The van der Waals surface area contributed by atoms with E-state index in [1.165, 1.54) is 6.07 Å². The van der Waals surface area contributed by atoms with E-state index in [-0.39, 0.29) is 14.2 Å². The van der Waals surface area contributed by atoms with Crippen LogP contribution < -0.4 is 0 Å². The first-order valence-corrected chi connectivity index (χ1v) is 6.07. The quantitative estimate of drug-likeness (QED) is 0.545. The summed E-state index contributed by atoms with van der Waals surface area (Å²) in [5.74, 6) is -3.96. The van der Waals surface area contributed by atoms with Crippen molar-refractivity contribution in [3.63, 3.8) is 0 Å². The molecule has 1 aliphatic rings. The highest BCUT2D eigenvalue weighted by molar-refractivity contribution is 14.1. The normalized spacial score (nSPS) is 17.8. The number of carbonyl (C=O) groups is 1. The molecule has 1 aromatic rings. The first kappa shape index (κ1) is 12.9. The molecule has 0 bridgehead atoms. The third-order valence-electron chi connectivity index (χ3n) is 2.37. The van der Waals surface area contributed by atoms with Gasteiger partial charge in [0, 0.05) is 3.57 Å². The molecule has 0 spiro atoms. The Morgan fingerprint density at radius 1 is 1.41 bits per heavy atom. The Morgan fingerprint density at radius 3 is 2.53 bits per heavy atom. The molecule has 92 valence electrons. The minimum absolute atomic E-state index is 0.0490. The summed E-state index contributed by atoms with van der Waals surface area (Å²) in [5.41, 5.74) is 0.0490. The number of hydrogen-bond donors (Lipinski definition) is 0. The predicted molar refractivity (Wildman–Crippen MR) is 65.0 cm³/mol. The van der Waals surface area contributed by atoms with Crippen LogP contribution in [0.2, 0.25) is 5.02 Å². The van der Waals surface area contributed by atoms with E-state index in [1.807, 2.05) is 0 Å². The zero-order chi connectivity index (χ0) is 12.8. The van der Waals surface area contributed by atoms with Crippen LogP contribution in [-0.2, 0) is 0 Å². The summed E-state index contributed by atoms with van der Waals surface area (Å²) in [6, 6.07) is 2.27. The number of benzene rings is 1. The number of hydrogen-bond acceptors (Lipinski definition) is 1. The highest BCUT2D eigenvalue weighted by Crippen LogP contribution is 2.30. The van der Waals surface area contributed by atoms with Gasteiger partial charge >= 0.3 is 0 Å². The zero-order valence-electron chi connectivity index (χ0n) is 8.31. The van der Waals surface area contributed by atoms with Gasteiger partial charge in [0.2, 0.25) is 0 Å². The molecular formula is C10H6ClF3INO. The molecule has 1 fully saturated rings. The van der Waals surface area contributed by atoms with Crippen molar-refractivity contribution in [1.29, 1.82) is 0 Å². The van der Waals surface area contributed by atoms with Crippen LogP contribution in [0.15, 0.2) is 12.1 Å². The van der Waals surface area contributed by atoms with Gasteiger partial charge in [0.1, 0.15) is 5.82 Å². The first-order chi connectivity index (χ1) is 7.80. The monoisotopic (exact) mass is 375 g/mol. The number of halogens is 5. The third-order valence-corrected chi connectivity index (χ3v) is 3.51. The molecule has 2 rings (SSSR count). The second kappa shape index (κ2) is 4.31. The molecule has 0 unspecified atom stereocenters. The Labute approximate surface area is 114 Å². The van der Waals surface area contributed by atoms with Gasteiger partial charge < -0.3 is 4.90 Å². The molecule has 0 radical (unpaired) electrons. The second-order valence-corrected chi connectivity index (χ2v) is 5.33. The summed E-state index contributed by atoms with van der Waals surface area (Å²) < 4.78 is 38.6. The van der Waals surface area contributed by atoms with Crippen LogP contribution in [-0.4, -0.2) is 29.8 Å². The van der Waals surface area contributed by atoms with E-state index in [2.05, 4.69) is 0 Å². The smallest absolute Gasteiger partial charge is 0.282 e. The fraction of sp³-hybridized carbons (Fsp3) is 0.300. The lowest BCUT2D eigenvalue weighted by Crippen LogP contribution is -2.58. The summed E-state index contributed by atoms with van der Waals surface area (Å²) in [4.78, 5) is 12.8. The van der Waals surface area contributed by atoms with Crippen LogP contribution in [0.1, 0.15) is 10.4 Å². The molecule has 0 aliphatic carbocycles. The molecule has 7 heteroatoms. The van der Waals surface area contributed by atoms with Crippen LogP contribution in [0.4, 0.5) is 13.2 Å². The SMILES string of the molecule is O=C(c1cc(I)c(F)cc1Cl)N1CC(F)(F)C1. The van der Waals surface area contributed by atoms with Crippen LogP contribution in [0.5, 0.6) is 0 Å². The van der Waals surface area contributed by atoms with Gasteiger partial charge in [-0.15, -0.1) is 0 Å². The third kappa shape index (κ3) is 2.52. The lowest BCUT2D eigenvalue weighted by atomic mass is 10.1. The fourth-order valence-corrected chi connectivity index (χ4v) is 2.21. The Hall–Kier alpha value is -0.500. The van der Waals surface area contributed by atoms with Crippen LogP contribution in [0.3, 0.4) is 0 Å². The van der Waals surface area contributed by atoms with Crippen molar-refractivity contribution < 1.29 is 18.0 Å². The van der Waals surface area contributed by atoms with Crippen LogP contribution in [0, 0.1) is 9.39 Å². The average Bonchev–Trinajstić information content (AvgIpc) is 2.19. The number of rotatable bonds is 1. The summed E-state index contributed by atoms with van der Waals surface area (Å²) in [6.07, 6.45) is 0. The average molecular weight is 376 g/mol. The molecular weight excluding hydrogens is 369 g/mol. The Kier molecular flexibility index (Phi) is 3.28. The topological polar surface area (TPSA) is 20.3 Å². The molecule has 0 aromatic heterocycles. The summed E-state index contributed by atoms with van der Waals surface area (Å²) in [7, 11) is 0. The van der Waals surface area contributed by atoms with E-state index in [4.69, 9.17) is 11.6 Å². The first-order valence-electron chi connectivity index (χ1n) is 4.62. The summed E-state index contributed by atoms with van der Waals surface area (Å²) in [5, 5.41) is -0.0665. The second-order valence-electron chi connectivity index (χ2n) is 3.76. The maximum absolute atomic E-state index is 13.1. The van der Waals surface area contributed by atoms with Gasteiger partial charge in [-0.3, -0.25) is 4.79 Å². The predicted octanol–water partition coefficient (Wildman–Crippen LogP) is 3.17. The van der Waals surface area contributed by atoms with Crippen molar-refractivity contribution in [2.45, 2.75) is 5.92 Å². The van der Waals surface area contributed by atoms with Crippen molar-refractivity contribution in [2.75, 3.05) is 13.1 Å². The number of likely N-dealkylation sites (tertiary alicyclic amines) is 1. The van der Waals surface area contributed by atoms with E-state index in [1.54, 1.807) is 22.6 Å². The number of alkyl halides is 2. The number of nitrogens with zero attached hydrogens (tertiary/aromatic N) is 1. The Morgan fingerprint density at radius 2 is 2.00 bits per heavy atom. The van der Waals surface area contributed by atoms with Gasteiger partial charge in [0.15, 0.2) is 0 Å². The Balaban J connectivity index is 2.24. The van der Waals surface area contributed by atoms with E-state index < -0.39 is 30.7 Å². The number of carbonyl (C=O) groups excluding carboxylic acids is 1. The molecule has 1 aliphatic heterocycles. The van der Waals surface area contributed by atoms with Crippen molar-refractivity contribution in [1.82, 2.24) is 4.90 Å². The van der Waals surface area contributed by atoms with Crippen molar-refractivity contribution in [3.05, 3.63) is 32.1 Å². The summed E-state index contributed by atoms with van der Waals surface area (Å²) in [6.45, 7) is -1.23. The van der Waals surface area contributed by atoms with Gasteiger partial charge in [-0.05, 0) is 34.7 Å². The maximum Gasteiger partial charge on any atom is 0.282 e. The van der Waals surface area contributed by atoms with Gasteiger partial charge in [0.25, 0.3) is 11.8 Å². The van der Waals surface area contributed by atoms with Crippen molar-refractivity contribution >= 4 is 40.1 Å². The van der Waals surface area contributed by atoms with E-state index in [9.17, 15) is 18.0 Å². The molecule has 2 nitrogen and oxygen atoms in total. The van der Waals surface area contributed by atoms with Crippen LogP contribution >= 0.6 is 34.2 Å². The largest absolute Gasteiger partial charge is 0.326 e. The highest BCUT2D eigenvalue weighted by Gasteiger charge is 2.46. The maximum atomic E-state index is 13.1. The van der Waals surface area contributed by atoms with Gasteiger partial charge in [0.05, 0.1) is 23.7 Å². The molecule has 0 atom stereocenters. The molecule has 0 N–H and O–H groups in total. The van der Waals surface area contributed by atoms with Gasteiger partial charge in [-0.25, -0.2) is 13.2 Å². The van der Waals surface area contributed by atoms with E-state index in [0.29, 0.717) is 0 Å². The van der Waals surface area contributed by atoms with Crippen molar-refractivity contribution in [2.24, 2.45) is 0 Å². The molecule has 17 heavy (non-hydrogen) atoms. The molecule has 1 aromatic carbocycles. The van der Waals surface area contributed by atoms with Crippen molar-refractivity contribution in [3.8, 4) is 0 Å². The Bertz CT molecular complexity index is 487. The van der Waals surface area contributed by atoms with E-state index >= 15 is 0 Å². The standard InChI is InChI=1S/C10H6ClF3INO/c11-6-2-7(12)8(15)1-5(6)9(17)16-3-10(13,14)4-16/h1-2H,3-4H2. The van der Waals surface area contributed by atoms with E-state index in [0.717, 1.165) is 11.0 Å². The molecule has 0 saturated carbocycles. The fourth-order valence-electron chi connectivity index (χ4n) is 1.51. The minimum Gasteiger partial charge on any atom is -0.326 e. The summed E-state index contributed by atoms with van der Waals surface area (Å²) >= 11 is 7.42. The van der Waals surface area contributed by atoms with Gasteiger partial charge in [-0.2, -0.15) is 0 Å². The minimum atomic E-state index is -2.82. The number of amides is 1. The molecule has 1 heterocycles. The highest BCUT2D eigenvalue weighted by atomic mass is 127. The van der Waals surface area contributed by atoms with Crippen LogP contribution in [0.25, 0.3) is 0 Å². The zero-order valence-corrected chi connectivity index (χ0v) is 11.2. The van der Waals surface area contributed by atoms with Gasteiger partial charge in [-0.1, -0.05) is 11.6 Å². The lowest BCUT2D eigenvalue weighted by molar-refractivity contribution is -0.113. The lowest BCUT2D eigenvalue weighted by Gasteiger charge is -2.38.